The summed E-state index contributed by atoms with van der Waals surface area (Å²) in [6.45, 7) is 6.21. The van der Waals surface area contributed by atoms with Crippen molar-refractivity contribution in [3.05, 3.63) is 23.8 Å². The van der Waals surface area contributed by atoms with Gasteiger partial charge in [0.1, 0.15) is 0 Å². The van der Waals surface area contributed by atoms with Gasteiger partial charge in [0.25, 0.3) is 0 Å². The molecule has 0 amide bonds. The van der Waals surface area contributed by atoms with Crippen LogP contribution in [0.3, 0.4) is 0 Å². The van der Waals surface area contributed by atoms with Crippen LogP contribution < -0.4 is 19.5 Å². The summed E-state index contributed by atoms with van der Waals surface area (Å²) < 4.78 is 16.0. The van der Waals surface area contributed by atoms with E-state index in [0.717, 1.165) is 18.7 Å². The zero-order valence-corrected chi connectivity index (χ0v) is 13.0. The molecule has 1 N–H and O–H groups in total. The van der Waals surface area contributed by atoms with Crippen LogP contribution >= 0.6 is 0 Å². The van der Waals surface area contributed by atoms with Crippen molar-refractivity contribution in [2.24, 2.45) is 5.92 Å². The highest BCUT2D eigenvalue weighted by atomic mass is 16.5. The van der Waals surface area contributed by atoms with Gasteiger partial charge in [-0.1, -0.05) is 26.0 Å². The first-order chi connectivity index (χ1) is 9.63. The second-order valence-electron chi connectivity index (χ2n) is 4.88. The average Bonchev–Trinajstić information content (AvgIpc) is 2.45. The molecule has 0 unspecified atom stereocenters. The van der Waals surface area contributed by atoms with E-state index in [1.165, 1.54) is 0 Å². The van der Waals surface area contributed by atoms with E-state index in [2.05, 4.69) is 25.2 Å². The van der Waals surface area contributed by atoms with E-state index in [1.54, 1.807) is 21.3 Å². The number of methoxy groups -OCH3 is 3. The average molecular weight is 279 g/mol. The van der Waals surface area contributed by atoms with Crippen LogP contribution in [-0.4, -0.2) is 34.4 Å². The number of nitrogens with one attached hydrogen (secondary N) is 1. The molecule has 0 bridgehead atoms. The maximum absolute atomic E-state index is 5.43. The van der Waals surface area contributed by atoms with Crippen molar-refractivity contribution in [2.45, 2.75) is 13.8 Å². The Morgan fingerprint density at radius 2 is 1.75 bits per heavy atom. The van der Waals surface area contributed by atoms with Crippen LogP contribution in [0, 0.1) is 5.92 Å². The molecule has 20 heavy (non-hydrogen) atoms. The Morgan fingerprint density at radius 3 is 2.30 bits per heavy atom. The van der Waals surface area contributed by atoms with E-state index >= 15 is 0 Å². The minimum absolute atomic E-state index is 0.618. The lowest BCUT2D eigenvalue weighted by Crippen LogP contribution is -2.19. The van der Waals surface area contributed by atoms with Gasteiger partial charge in [-0.25, -0.2) is 0 Å². The fourth-order valence-corrected chi connectivity index (χ4v) is 1.90. The Kier molecular flexibility index (Phi) is 6.94. The first-order valence-electron chi connectivity index (χ1n) is 6.80. The molecule has 1 rings (SSSR count). The highest BCUT2D eigenvalue weighted by Crippen LogP contribution is 2.40. The van der Waals surface area contributed by atoms with E-state index in [4.69, 9.17) is 14.2 Å². The summed E-state index contributed by atoms with van der Waals surface area (Å²) >= 11 is 0. The second-order valence-corrected chi connectivity index (χ2v) is 4.88. The smallest absolute Gasteiger partial charge is 0.203 e. The lowest BCUT2D eigenvalue weighted by atomic mass is 10.1. The largest absolute Gasteiger partial charge is 0.493 e. The molecule has 0 fully saturated rings. The van der Waals surface area contributed by atoms with Gasteiger partial charge in [0.15, 0.2) is 11.5 Å². The highest BCUT2D eigenvalue weighted by Gasteiger charge is 2.13. The van der Waals surface area contributed by atoms with E-state index in [1.807, 2.05) is 18.2 Å². The summed E-state index contributed by atoms with van der Waals surface area (Å²) in [5.74, 6) is 2.62. The van der Waals surface area contributed by atoms with Gasteiger partial charge in [-0.3, -0.25) is 0 Å². The maximum atomic E-state index is 5.43. The van der Waals surface area contributed by atoms with Gasteiger partial charge in [-0.05, 0) is 24.6 Å². The molecule has 0 saturated carbocycles. The Labute approximate surface area is 121 Å². The number of hydrogen-bond donors (Lipinski definition) is 1. The standard InChI is InChI=1S/C16H25NO3/c1-12(2)11-17-10-6-7-13-8-9-14(18-3)16(20-5)15(13)19-4/h6-9,12,17H,10-11H2,1-5H3. The number of rotatable bonds is 8. The summed E-state index contributed by atoms with van der Waals surface area (Å²) in [6, 6.07) is 3.84. The summed E-state index contributed by atoms with van der Waals surface area (Å²) in [7, 11) is 4.85. The van der Waals surface area contributed by atoms with E-state index in [0.29, 0.717) is 23.2 Å². The van der Waals surface area contributed by atoms with E-state index in [9.17, 15) is 0 Å². The molecule has 1 aromatic rings. The summed E-state index contributed by atoms with van der Waals surface area (Å²) in [6.07, 6.45) is 4.10. The normalized spacial score (nSPS) is 11.1. The molecular weight excluding hydrogens is 254 g/mol. The van der Waals surface area contributed by atoms with Crippen LogP contribution in [-0.2, 0) is 0 Å². The van der Waals surface area contributed by atoms with Gasteiger partial charge in [0.2, 0.25) is 5.75 Å². The zero-order valence-electron chi connectivity index (χ0n) is 13.0. The molecule has 0 aliphatic rings. The van der Waals surface area contributed by atoms with Gasteiger partial charge in [-0.15, -0.1) is 0 Å². The predicted molar refractivity (Wildman–Crippen MR) is 82.8 cm³/mol. The molecule has 0 saturated heterocycles. The first kappa shape index (κ1) is 16.4. The molecular formula is C16H25NO3. The van der Waals surface area contributed by atoms with E-state index in [-0.39, 0.29) is 0 Å². The third kappa shape index (κ3) is 4.46. The predicted octanol–water partition coefficient (Wildman–Crippen LogP) is 2.97. The number of hydrogen-bond acceptors (Lipinski definition) is 4. The summed E-state index contributed by atoms with van der Waals surface area (Å²) in [5, 5.41) is 3.36. The fourth-order valence-electron chi connectivity index (χ4n) is 1.90. The lowest BCUT2D eigenvalue weighted by molar-refractivity contribution is 0.324. The third-order valence-electron chi connectivity index (χ3n) is 2.85. The molecule has 0 aliphatic carbocycles. The van der Waals surface area contributed by atoms with Crippen LogP contribution in [0.25, 0.3) is 6.08 Å². The molecule has 0 spiro atoms. The van der Waals surface area contributed by atoms with Crippen LogP contribution in [0.5, 0.6) is 17.2 Å². The van der Waals surface area contributed by atoms with Crippen LogP contribution in [0.1, 0.15) is 19.4 Å². The second kappa shape index (κ2) is 8.48. The molecule has 0 heterocycles. The Hall–Kier alpha value is -1.68. The topological polar surface area (TPSA) is 39.7 Å². The van der Waals surface area contributed by atoms with Crippen molar-refractivity contribution in [3.63, 3.8) is 0 Å². The highest BCUT2D eigenvalue weighted by molar-refractivity contribution is 5.66. The Bertz CT molecular complexity index is 442. The van der Waals surface area contributed by atoms with Crippen LogP contribution in [0.15, 0.2) is 18.2 Å². The molecule has 112 valence electrons. The molecule has 0 atom stereocenters. The van der Waals surface area contributed by atoms with Crippen LogP contribution in [0.4, 0.5) is 0 Å². The first-order valence-corrected chi connectivity index (χ1v) is 6.80. The van der Waals surface area contributed by atoms with Gasteiger partial charge < -0.3 is 19.5 Å². The molecule has 4 nitrogen and oxygen atoms in total. The monoisotopic (exact) mass is 279 g/mol. The van der Waals surface area contributed by atoms with Gasteiger partial charge in [-0.2, -0.15) is 0 Å². The van der Waals surface area contributed by atoms with Crippen LogP contribution in [0.2, 0.25) is 0 Å². The van der Waals surface area contributed by atoms with Crippen molar-refractivity contribution < 1.29 is 14.2 Å². The summed E-state index contributed by atoms with van der Waals surface area (Å²) in [5.41, 5.74) is 0.969. The molecule has 4 heteroatoms. The zero-order chi connectivity index (χ0) is 15.0. The minimum atomic E-state index is 0.618. The Morgan fingerprint density at radius 1 is 1.05 bits per heavy atom. The Balaban J connectivity index is 2.82. The molecule has 0 aliphatic heterocycles. The minimum Gasteiger partial charge on any atom is -0.493 e. The van der Waals surface area contributed by atoms with Crippen molar-refractivity contribution >= 4 is 6.08 Å². The number of ether oxygens (including phenoxy) is 3. The summed E-state index contributed by atoms with van der Waals surface area (Å²) in [4.78, 5) is 0. The van der Waals surface area contributed by atoms with Crippen molar-refractivity contribution in [2.75, 3.05) is 34.4 Å². The van der Waals surface area contributed by atoms with E-state index < -0.39 is 0 Å². The van der Waals surface area contributed by atoms with Gasteiger partial charge in [0.05, 0.1) is 21.3 Å². The third-order valence-corrected chi connectivity index (χ3v) is 2.85. The SMILES string of the molecule is COc1ccc(C=CCNCC(C)C)c(OC)c1OC. The molecule has 0 radical (unpaired) electrons. The lowest BCUT2D eigenvalue weighted by Gasteiger charge is -2.14. The fraction of sp³-hybridized carbons (Fsp3) is 0.500. The van der Waals surface area contributed by atoms with Crippen molar-refractivity contribution in [3.8, 4) is 17.2 Å². The van der Waals surface area contributed by atoms with Gasteiger partial charge >= 0.3 is 0 Å². The molecule has 0 aromatic heterocycles. The van der Waals surface area contributed by atoms with Gasteiger partial charge in [0, 0.05) is 12.1 Å². The number of benzene rings is 1. The maximum Gasteiger partial charge on any atom is 0.203 e. The van der Waals surface area contributed by atoms with Crippen molar-refractivity contribution in [1.82, 2.24) is 5.32 Å². The van der Waals surface area contributed by atoms with Crippen molar-refractivity contribution in [1.29, 1.82) is 0 Å². The molecule has 1 aromatic carbocycles. The quantitative estimate of drug-likeness (QED) is 0.743.